The molecule has 0 saturated carbocycles. The first-order valence-corrected chi connectivity index (χ1v) is 6.84. The molecular weight excluding hydrogens is 252 g/mol. The van der Waals surface area contributed by atoms with Gasteiger partial charge in [-0.15, -0.1) is 0 Å². The number of rotatable bonds is 4. The molecule has 0 aliphatic heterocycles. The number of ether oxygens (including phenoxy) is 1. The Morgan fingerprint density at radius 2 is 1.85 bits per heavy atom. The Kier molecular flexibility index (Phi) is 4.23. The van der Waals surface area contributed by atoms with Crippen molar-refractivity contribution in [2.24, 2.45) is 0 Å². The molecule has 1 N–H and O–H groups in total. The van der Waals surface area contributed by atoms with Crippen LogP contribution in [-0.2, 0) is 0 Å². The second-order valence-corrected chi connectivity index (χ2v) is 5.31. The molecule has 2 aromatic rings. The topological polar surface area (TPSA) is 55.0 Å². The van der Waals surface area contributed by atoms with Crippen LogP contribution in [-0.4, -0.2) is 16.1 Å². The summed E-state index contributed by atoms with van der Waals surface area (Å²) in [7, 11) is 0. The van der Waals surface area contributed by atoms with E-state index in [-0.39, 0.29) is 17.6 Å². The van der Waals surface area contributed by atoms with E-state index in [9.17, 15) is 4.79 Å². The van der Waals surface area contributed by atoms with E-state index in [4.69, 9.17) is 4.74 Å². The Hall–Kier alpha value is -2.10. The van der Waals surface area contributed by atoms with Gasteiger partial charge in [0.15, 0.2) is 0 Å². The lowest BCUT2D eigenvalue weighted by atomic mass is 9.98. The fraction of sp³-hybridized carbons (Fsp3) is 0.375. The molecule has 0 amide bonds. The number of hydrogen-bond donors (Lipinski definition) is 1. The predicted molar refractivity (Wildman–Crippen MR) is 80.1 cm³/mol. The summed E-state index contributed by atoms with van der Waals surface area (Å²) in [6, 6.07) is 7.69. The number of aromatic amines is 1. The molecule has 20 heavy (non-hydrogen) atoms. The number of aromatic nitrogens is 2. The minimum Gasteiger partial charge on any atom is -0.490 e. The molecule has 2 rings (SSSR count). The quantitative estimate of drug-likeness (QED) is 0.928. The van der Waals surface area contributed by atoms with Gasteiger partial charge < -0.3 is 9.72 Å². The average molecular weight is 272 g/mol. The van der Waals surface area contributed by atoms with Crippen LogP contribution in [0.2, 0.25) is 0 Å². The van der Waals surface area contributed by atoms with E-state index in [0.29, 0.717) is 11.3 Å². The minimum atomic E-state index is -0.0932. The molecule has 4 nitrogen and oxygen atoms in total. The van der Waals surface area contributed by atoms with Crippen molar-refractivity contribution >= 4 is 0 Å². The standard InChI is InChI=1S/C16H20N2O2/c1-10(2)14-15(17-9-18-16(14)19)12-7-5-6-8-13(12)20-11(3)4/h5-11H,1-4H3,(H,17,18,19). The van der Waals surface area contributed by atoms with E-state index in [1.165, 1.54) is 6.33 Å². The Labute approximate surface area is 118 Å². The molecule has 0 aliphatic rings. The molecule has 0 saturated heterocycles. The van der Waals surface area contributed by atoms with Crippen molar-refractivity contribution in [1.29, 1.82) is 0 Å². The summed E-state index contributed by atoms with van der Waals surface area (Å²) in [4.78, 5) is 19.1. The van der Waals surface area contributed by atoms with Gasteiger partial charge in [0.05, 0.1) is 18.1 Å². The lowest BCUT2D eigenvalue weighted by Crippen LogP contribution is -2.16. The highest BCUT2D eigenvalue weighted by atomic mass is 16.5. The summed E-state index contributed by atoms with van der Waals surface area (Å²) < 4.78 is 5.82. The number of nitrogens with one attached hydrogen (secondary N) is 1. The maximum atomic E-state index is 12.1. The fourth-order valence-electron chi connectivity index (χ4n) is 2.18. The van der Waals surface area contributed by atoms with Crippen LogP contribution in [0.4, 0.5) is 0 Å². The summed E-state index contributed by atoms with van der Waals surface area (Å²) >= 11 is 0. The smallest absolute Gasteiger partial charge is 0.254 e. The molecule has 1 aromatic heterocycles. The monoisotopic (exact) mass is 272 g/mol. The first-order valence-electron chi connectivity index (χ1n) is 6.84. The maximum Gasteiger partial charge on any atom is 0.254 e. The van der Waals surface area contributed by atoms with Crippen molar-refractivity contribution in [3.8, 4) is 17.0 Å². The molecule has 0 atom stereocenters. The number of benzene rings is 1. The van der Waals surface area contributed by atoms with E-state index in [0.717, 1.165) is 11.3 Å². The molecule has 4 heteroatoms. The highest BCUT2D eigenvalue weighted by Crippen LogP contribution is 2.32. The highest BCUT2D eigenvalue weighted by molar-refractivity contribution is 5.70. The number of H-pyrrole nitrogens is 1. The summed E-state index contributed by atoms with van der Waals surface area (Å²) in [6.45, 7) is 7.93. The van der Waals surface area contributed by atoms with Gasteiger partial charge in [0.1, 0.15) is 5.75 Å². The van der Waals surface area contributed by atoms with Crippen LogP contribution in [0.25, 0.3) is 11.3 Å². The lowest BCUT2D eigenvalue weighted by molar-refractivity contribution is 0.243. The zero-order valence-corrected chi connectivity index (χ0v) is 12.3. The lowest BCUT2D eigenvalue weighted by Gasteiger charge is -2.16. The van der Waals surface area contributed by atoms with E-state index in [1.54, 1.807) is 0 Å². The summed E-state index contributed by atoms with van der Waals surface area (Å²) in [5.74, 6) is 0.844. The molecule has 0 aliphatic carbocycles. The molecule has 0 radical (unpaired) electrons. The van der Waals surface area contributed by atoms with E-state index >= 15 is 0 Å². The number of para-hydroxylation sites is 1. The second-order valence-electron chi connectivity index (χ2n) is 5.31. The zero-order valence-electron chi connectivity index (χ0n) is 12.3. The Balaban J connectivity index is 2.63. The third-order valence-corrected chi connectivity index (χ3v) is 2.97. The van der Waals surface area contributed by atoms with Crippen molar-refractivity contribution < 1.29 is 4.74 Å². The van der Waals surface area contributed by atoms with Gasteiger partial charge in [0, 0.05) is 11.1 Å². The van der Waals surface area contributed by atoms with E-state index in [2.05, 4.69) is 9.97 Å². The average Bonchev–Trinajstić information content (AvgIpc) is 2.38. The first kappa shape index (κ1) is 14.3. The fourth-order valence-corrected chi connectivity index (χ4v) is 2.18. The molecular formula is C16H20N2O2. The molecule has 1 aromatic carbocycles. The highest BCUT2D eigenvalue weighted by Gasteiger charge is 2.17. The maximum absolute atomic E-state index is 12.1. The zero-order chi connectivity index (χ0) is 14.7. The SMILES string of the molecule is CC(C)Oc1ccccc1-c1nc[nH]c(=O)c1C(C)C. The van der Waals surface area contributed by atoms with Crippen LogP contribution in [0.5, 0.6) is 5.75 Å². The normalized spacial score (nSPS) is 11.1. The number of nitrogens with zero attached hydrogens (tertiary/aromatic N) is 1. The second kappa shape index (κ2) is 5.90. The van der Waals surface area contributed by atoms with Crippen molar-refractivity contribution in [2.45, 2.75) is 39.7 Å². The molecule has 0 fully saturated rings. The van der Waals surface area contributed by atoms with Gasteiger partial charge in [0.2, 0.25) is 0 Å². The van der Waals surface area contributed by atoms with Crippen molar-refractivity contribution in [3.05, 3.63) is 46.5 Å². The van der Waals surface area contributed by atoms with Gasteiger partial charge in [-0.1, -0.05) is 26.0 Å². The molecule has 0 spiro atoms. The van der Waals surface area contributed by atoms with Gasteiger partial charge in [-0.25, -0.2) is 4.98 Å². The third kappa shape index (κ3) is 2.90. The van der Waals surface area contributed by atoms with Crippen LogP contribution in [0, 0.1) is 0 Å². The molecule has 0 unspecified atom stereocenters. The third-order valence-electron chi connectivity index (χ3n) is 2.97. The van der Waals surface area contributed by atoms with Crippen molar-refractivity contribution in [3.63, 3.8) is 0 Å². The van der Waals surface area contributed by atoms with Gasteiger partial charge in [-0.2, -0.15) is 0 Å². The molecule has 1 heterocycles. The van der Waals surface area contributed by atoms with Crippen LogP contribution < -0.4 is 10.3 Å². The predicted octanol–water partition coefficient (Wildman–Crippen LogP) is 3.35. The van der Waals surface area contributed by atoms with Crippen LogP contribution in [0.1, 0.15) is 39.2 Å². The Morgan fingerprint density at radius 3 is 2.50 bits per heavy atom. The first-order chi connectivity index (χ1) is 9.50. The molecule has 106 valence electrons. The van der Waals surface area contributed by atoms with E-state index in [1.807, 2.05) is 52.0 Å². The number of hydrogen-bond acceptors (Lipinski definition) is 3. The van der Waals surface area contributed by atoms with Gasteiger partial charge in [0.25, 0.3) is 5.56 Å². The summed E-state index contributed by atoms with van der Waals surface area (Å²) in [5, 5.41) is 0. The van der Waals surface area contributed by atoms with Gasteiger partial charge in [-0.3, -0.25) is 4.79 Å². The van der Waals surface area contributed by atoms with Crippen LogP contribution >= 0.6 is 0 Å². The van der Waals surface area contributed by atoms with Crippen LogP contribution in [0.15, 0.2) is 35.4 Å². The summed E-state index contributed by atoms with van der Waals surface area (Å²) in [6.07, 6.45) is 1.51. The summed E-state index contributed by atoms with van der Waals surface area (Å²) in [5.41, 5.74) is 2.15. The van der Waals surface area contributed by atoms with Gasteiger partial charge >= 0.3 is 0 Å². The Bertz CT molecular complexity index is 645. The van der Waals surface area contributed by atoms with Crippen molar-refractivity contribution in [1.82, 2.24) is 9.97 Å². The largest absolute Gasteiger partial charge is 0.490 e. The van der Waals surface area contributed by atoms with E-state index < -0.39 is 0 Å². The Morgan fingerprint density at radius 1 is 1.15 bits per heavy atom. The minimum absolute atomic E-state index is 0.0700. The van der Waals surface area contributed by atoms with Gasteiger partial charge in [-0.05, 0) is 31.9 Å². The van der Waals surface area contributed by atoms with Crippen molar-refractivity contribution in [2.75, 3.05) is 0 Å². The molecule has 0 bridgehead atoms. The van der Waals surface area contributed by atoms with Crippen LogP contribution in [0.3, 0.4) is 0 Å².